The van der Waals surface area contributed by atoms with E-state index in [1.165, 1.54) is 20.2 Å². The van der Waals surface area contributed by atoms with E-state index in [1.807, 2.05) is 0 Å². The third-order valence-electron chi connectivity index (χ3n) is 2.28. The first-order valence-electron chi connectivity index (χ1n) is 5.30. The molecule has 1 rings (SSSR count). The number of anilines is 2. The summed E-state index contributed by atoms with van der Waals surface area (Å²) in [5.41, 5.74) is 5.87. The van der Waals surface area contributed by atoms with E-state index in [4.69, 9.17) is 5.73 Å². The van der Waals surface area contributed by atoms with E-state index in [-0.39, 0.29) is 24.7 Å². The molecule has 0 saturated heterocycles. The molecule has 1 heterocycles. The number of hydrogen-bond donors (Lipinski definition) is 2. The number of nitrogens with one attached hydrogen (secondary N) is 1. The monoisotopic (exact) mass is 308 g/mol. The van der Waals surface area contributed by atoms with Gasteiger partial charge in [-0.25, -0.2) is 13.4 Å². The Hall–Kier alpha value is -1.38. The molecule has 3 N–H and O–H groups in total. The Kier molecular flexibility index (Phi) is 6.74. The van der Waals surface area contributed by atoms with E-state index >= 15 is 0 Å². The molecule has 1 aromatic heterocycles. The number of halogens is 1. The molecule has 0 fully saturated rings. The van der Waals surface area contributed by atoms with Crippen LogP contribution < -0.4 is 11.1 Å². The Morgan fingerprint density at radius 2 is 2.11 bits per heavy atom. The zero-order valence-electron chi connectivity index (χ0n) is 10.7. The summed E-state index contributed by atoms with van der Waals surface area (Å²) in [7, 11) is -1.99. The van der Waals surface area contributed by atoms with Gasteiger partial charge in [-0.15, -0.1) is 12.4 Å². The molecule has 0 radical (unpaired) electrons. The van der Waals surface area contributed by atoms with E-state index in [1.54, 1.807) is 12.1 Å². The van der Waals surface area contributed by atoms with Crippen LogP contribution in [-0.2, 0) is 14.8 Å². The molecule has 0 bridgehead atoms. The van der Waals surface area contributed by atoms with E-state index in [0.717, 1.165) is 4.31 Å². The minimum atomic E-state index is -3.36. The van der Waals surface area contributed by atoms with Crippen molar-refractivity contribution in [1.29, 1.82) is 0 Å². The van der Waals surface area contributed by atoms with Crippen molar-refractivity contribution in [3.05, 3.63) is 18.3 Å². The summed E-state index contributed by atoms with van der Waals surface area (Å²) in [5.74, 6) is -0.125. The summed E-state index contributed by atoms with van der Waals surface area (Å²) in [6.45, 7) is 1.29. The Morgan fingerprint density at radius 3 is 2.58 bits per heavy atom. The van der Waals surface area contributed by atoms with E-state index < -0.39 is 15.9 Å². The number of carbonyl (C=O) groups is 1. The lowest BCUT2D eigenvalue weighted by atomic mass is 10.4. The molecular weight excluding hydrogens is 292 g/mol. The minimum absolute atomic E-state index is 0. The highest BCUT2D eigenvalue weighted by atomic mass is 35.5. The van der Waals surface area contributed by atoms with Crippen LogP contribution in [0.5, 0.6) is 0 Å². The van der Waals surface area contributed by atoms with Crippen LogP contribution in [0.2, 0.25) is 0 Å². The topological polar surface area (TPSA) is 105 Å². The second-order valence-electron chi connectivity index (χ2n) is 3.68. The lowest BCUT2D eigenvalue weighted by Crippen LogP contribution is -2.35. The van der Waals surface area contributed by atoms with Crippen LogP contribution in [0, 0.1) is 0 Å². The van der Waals surface area contributed by atoms with Gasteiger partial charge in [0, 0.05) is 7.05 Å². The summed E-state index contributed by atoms with van der Waals surface area (Å²) in [4.78, 5) is 15.4. The number of likely N-dealkylation sites (N-methyl/N-ethyl adjacent to an activating group) is 1. The molecule has 108 valence electrons. The summed E-state index contributed by atoms with van der Waals surface area (Å²) in [6.07, 6.45) is 1.40. The van der Waals surface area contributed by atoms with Crippen LogP contribution in [0.1, 0.15) is 6.92 Å². The number of carbonyl (C=O) groups excluding carboxylic acids is 1. The Bertz CT molecular complexity index is 518. The van der Waals surface area contributed by atoms with E-state index in [2.05, 4.69) is 10.3 Å². The van der Waals surface area contributed by atoms with Crippen LogP contribution in [0.3, 0.4) is 0 Å². The Labute approximate surface area is 118 Å². The van der Waals surface area contributed by atoms with Gasteiger partial charge in [-0.3, -0.25) is 4.79 Å². The first-order valence-corrected chi connectivity index (χ1v) is 6.91. The van der Waals surface area contributed by atoms with Crippen LogP contribution in [0.4, 0.5) is 11.5 Å². The molecule has 9 heteroatoms. The first kappa shape index (κ1) is 17.6. The van der Waals surface area contributed by atoms with Crippen molar-refractivity contribution >= 4 is 39.8 Å². The molecule has 0 atom stereocenters. The van der Waals surface area contributed by atoms with Crippen molar-refractivity contribution in [1.82, 2.24) is 9.29 Å². The van der Waals surface area contributed by atoms with Gasteiger partial charge in [-0.05, 0) is 19.1 Å². The number of nitrogen functional groups attached to an aromatic ring is 1. The van der Waals surface area contributed by atoms with Crippen molar-refractivity contribution in [3.8, 4) is 0 Å². The fraction of sp³-hybridized carbons (Fsp3) is 0.400. The minimum Gasteiger partial charge on any atom is -0.384 e. The quantitative estimate of drug-likeness (QED) is 0.814. The molecule has 0 aliphatic heterocycles. The molecule has 0 aliphatic carbocycles. The van der Waals surface area contributed by atoms with Gasteiger partial charge in [0.15, 0.2) is 0 Å². The summed E-state index contributed by atoms with van der Waals surface area (Å²) in [6, 6.07) is 3.14. The lowest BCUT2D eigenvalue weighted by Gasteiger charge is -2.15. The predicted molar refractivity (Wildman–Crippen MR) is 76.6 cm³/mol. The van der Waals surface area contributed by atoms with Crippen LogP contribution >= 0.6 is 12.4 Å². The van der Waals surface area contributed by atoms with Gasteiger partial charge in [0.2, 0.25) is 15.9 Å². The van der Waals surface area contributed by atoms with E-state index in [9.17, 15) is 13.2 Å². The number of rotatable bonds is 5. The van der Waals surface area contributed by atoms with Gasteiger partial charge in [0.1, 0.15) is 5.82 Å². The fourth-order valence-corrected chi connectivity index (χ4v) is 1.96. The smallest absolute Gasteiger partial charge is 0.239 e. The Balaban J connectivity index is 0.00000324. The number of nitrogens with two attached hydrogens (primary N) is 1. The lowest BCUT2D eigenvalue weighted by molar-refractivity contribution is -0.116. The molecule has 1 aromatic rings. The molecule has 0 saturated carbocycles. The first-order chi connectivity index (χ1) is 8.35. The Morgan fingerprint density at radius 1 is 1.47 bits per heavy atom. The second kappa shape index (κ2) is 7.27. The number of amides is 1. The van der Waals surface area contributed by atoms with Crippen LogP contribution in [0.15, 0.2) is 18.3 Å². The largest absolute Gasteiger partial charge is 0.384 e. The van der Waals surface area contributed by atoms with Gasteiger partial charge >= 0.3 is 0 Å². The van der Waals surface area contributed by atoms with Crippen molar-refractivity contribution in [2.24, 2.45) is 0 Å². The highest BCUT2D eigenvalue weighted by Gasteiger charge is 2.18. The average molecular weight is 309 g/mol. The molecule has 1 amide bonds. The fourth-order valence-electron chi connectivity index (χ4n) is 1.20. The molecule has 0 aliphatic rings. The number of aromatic nitrogens is 1. The second-order valence-corrected chi connectivity index (χ2v) is 6.04. The predicted octanol–water partition coefficient (Wildman–Crippen LogP) is 0.306. The van der Waals surface area contributed by atoms with Crippen LogP contribution in [-0.4, -0.2) is 43.0 Å². The SMILES string of the molecule is CCS(=O)(=O)N(C)CC(=O)Nc1ccc(N)nc1.Cl. The van der Waals surface area contributed by atoms with Gasteiger partial charge in [0.25, 0.3) is 0 Å². The number of sulfonamides is 1. The standard InChI is InChI=1S/C10H16N4O3S.ClH/c1-3-18(16,17)14(2)7-10(15)13-8-4-5-9(11)12-6-8;/h4-6H,3,7H2,1-2H3,(H2,11,12)(H,13,15);1H. The molecule has 19 heavy (non-hydrogen) atoms. The van der Waals surface area contributed by atoms with Gasteiger partial charge < -0.3 is 11.1 Å². The molecule has 7 nitrogen and oxygen atoms in total. The summed E-state index contributed by atoms with van der Waals surface area (Å²) in [5, 5.41) is 2.53. The van der Waals surface area contributed by atoms with Gasteiger partial charge in [-0.2, -0.15) is 4.31 Å². The van der Waals surface area contributed by atoms with Crippen molar-refractivity contribution in [2.75, 3.05) is 30.4 Å². The highest BCUT2D eigenvalue weighted by molar-refractivity contribution is 7.89. The van der Waals surface area contributed by atoms with Crippen molar-refractivity contribution in [2.45, 2.75) is 6.92 Å². The number of nitrogens with zero attached hydrogens (tertiary/aromatic N) is 2. The van der Waals surface area contributed by atoms with Crippen LogP contribution in [0.25, 0.3) is 0 Å². The molecular formula is C10H17ClN4O3S. The maximum Gasteiger partial charge on any atom is 0.239 e. The number of pyridine rings is 1. The van der Waals surface area contributed by atoms with Gasteiger partial charge in [0.05, 0.1) is 24.2 Å². The normalized spacial score (nSPS) is 10.9. The van der Waals surface area contributed by atoms with E-state index in [0.29, 0.717) is 11.5 Å². The van der Waals surface area contributed by atoms with Crippen molar-refractivity contribution in [3.63, 3.8) is 0 Å². The highest BCUT2D eigenvalue weighted by Crippen LogP contribution is 2.07. The molecule has 0 aromatic carbocycles. The average Bonchev–Trinajstić information content (AvgIpc) is 2.32. The van der Waals surface area contributed by atoms with Gasteiger partial charge in [-0.1, -0.05) is 0 Å². The zero-order valence-corrected chi connectivity index (χ0v) is 12.3. The molecule has 0 unspecified atom stereocenters. The third kappa shape index (κ3) is 5.41. The zero-order chi connectivity index (χ0) is 13.8. The third-order valence-corrected chi connectivity index (χ3v) is 4.08. The maximum atomic E-state index is 11.6. The molecule has 0 spiro atoms. The number of hydrogen-bond acceptors (Lipinski definition) is 5. The van der Waals surface area contributed by atoms with Crippen molar-refractivity contribution < 1.29 is 13.2 Å². The maximum absolute atomic E-state index is 11.6. The summed E-state index contributed by atoms with van der Waals surface area (Å²) >= 11 is 0. The summed E-state index contributed by atoms with van der Waals surface area (Å²) < 4.78 is 23.9.